The maximum Gasteiger partial charge on any atom is 0.196 e. The highest BCUT2D eigenvalue weighted by atomic mass is 79.9. The van der Waals surface area contributed by atoms with Crippen molar-refractivity contribution in [3.63, 3.8) is 0 Å². The Labute approximate surface area is 133 Å². The largest absolute Gasteiger partial charge is 0.370 e. The first-order chi connectivity index (χ1) is 10.2. The van der Waals surface area contributed by atoms with Gasteiger partial charge in [0, 0.05) is 10.4 Å². The summed E-state index contributed by atoms with van der Waals surface area (Å²) in [6.07, 6.45) is 0. The molecule has 0 saturated heterocycles. The van der Waals surface area contributed by atoms with Gasteiger partial charge >= 0.3 is 0 Å². The van der Waals surface area contributed by atoms with E-state index in [9.17, 15) is 0 Å². The summed E-state index contributed by atoms with van der Waals surface area (Å²) >= 11 is 3.61. The Morgan fingerprint density at radius 2 is 1.81 bits per heavy atom. The molecule has 0 radical (unpaired) electrons. The minimum Gasteiger partial charge on any atom is -0.370 e. The lowest BCUT2D eigenvalue weighted by Gasteiger charge is -2.31. The minimum atomic E-state index is 0.242. The number of aliphatic imine (C=N–C) groups is 1. The average molecular weight is 344 g/mol. The van der Waals surface area contributed by atoms with Crippen LogP contribution in [0.2, 0.25) is 0 Å². The van der Waals surface area contributed by atoms with E-state index in [2.05, 4.69) is 63.1 Å². The normalized spacial score (nSPS) is 19.4. The molecule has 0 bridgehead atoms. The summed E-state index contributed by atoms with van der Waals surface area (Å²) in [4.78, 5) is 6.60. The molecule has 0 fully saturated rings. The molecule has 4 heteroatoms. The van der Waals surface area contributed by atoms with E-state index >= 15 is 0 Å². The van der Waals surface area contributed by atoms with E-state index in [1.807, 2.05) is 24.3 Å². The van der Waals surface area contributed by atoms with Gasteiger partial charge in [-0.2, -0.15) is 0 Å². The van der Waals surface area contributed by atoms with Crippen molar-refractivity contribution in [3.05, 3.63) is 64.6 Å². The molecule has 3 nitrogen and oxygen atoms in total. The monoisotopic (exact) mass is 343 g/mol. The lowest BCUT2D eigenvalue weighted by Crippen LogP contribution is -2.43. The second kappa shape index (κ2) is 5.90. The molecule has 2 N–H and O–H groups in total. The second-order valence-corrected chi connectivity index (χ2v) is 6.14. The van der Waals surface area contributed by atoms with E-state index in [0.717, 1.165) is 16.7 Å². The van der Waals surface area contributed by atoms with Crippen molar-refractivity contribution in [1.82, 2.24) is 0 Å². The summed E-state index contributed by atoms with van der Waals surface area (Å²) < 4.78 is 1.04. The minimum absolute atomic E-state index is 0.242. The molecule has 2 aromatic rings. The molecule has 0 saturated carbocycles. The van der Waals surface area contributed by atoms with Crippen molar-refractivity contribution in [3.8, 4) is 0 Å². The van der Waals surface area contributed by atoms with Gasteiger partial charge in [-0.05, 0) is 33.6 Å². The number of halogens is 1. The predicted molar refractivity (Wildman–Crippen MR) is 91.8 cm³/mol. The highest BCUT2D eigenvalue weighted by Crippen LogP contribution is 2.34. The van der Waals surface area contributed by atoms with Crippen LogP contribution >= 0.6 is 15.9 Å². The van der Waals surface area contributed by atoms with E-state index in [0.29, 0.717) is 11.9 Å². The number of para-hydroxylation sites is 1. The van der Waals surface area contributed by atoms with Crippen molar-refractivity contribution < 1.29 is 0 Å². The third-order valence-electron chi connectivity index (χ3n) is 4.03. The van der Waals surface area contributed by atoms with Gasteiger partial charge in [-0.15, -0.1) is 0 Å². The van der Waals surface area contributed by atoms with Crippen LogP contribution in [0.25, 0.3) is 0 Å². The molecular weight excluding hydrogens is 326 g/mol. The van der Waals surface area contributed by atoms with Crippen molar-refractivity contribution in [1.29, 1.82) is 0 Å². The third-order valence-corrected chi connectivity index (χ3v) is 4.70. The molecular formula is C17H18BrN3. The van der Waals surface area contributed by atoms with Crippen LogP contribution in [0.4, 0.5) is 5.69 Å². The van der Waals surface area contributed by atoms with Crippen LogP contribution in [0, 0.1) is 0 Å². The molecule has 1 aliphatic heterocycles. The van der Waals surface area contributed by atoms with Gasteiger partial charge in [-0.1, -0.05) is 49.4 Å². The lowest BCUT2D eigenvalue weighted by atomic mass is 9.92. The Morgan fingerprint density at radius 1 is 1.14 bits per heavy atom. The van der Waals surface area contributed by atoms with E-state index < -0.39 is 0 Å². The highest BCUT2D eigenvalue weighted by Gasteiger charge is 2.33. The summed E-state index contributed by atoms with van der Waals surface area (Å²) in [6.45, 7) is 2.96. The van der Waals surface area contributed by atoms with Crippen molar-refractivity contribution in [2.75, 3.05) is 11.4 Å². The molecule has 2 aromatic carbocycles. The maximum absolute atomic E-state index is 6.14. The van der Waals surface area contributed by atoms with Crippen LogP contribution in [0.1, 0.15) is 18.4 Å². The van der Waals surface area contributed by atoms with Crippen LogP contribution in [0.5, 0.6) is 0 Å². The molecule has 108 valence electrons. The first-order valence-corrected chi connectivity index (χ1v) is 7.86. The molecule has 21 heavy (non-hydrogen) atoms. The van der Waals surface area contributed by atoms with Crippen molar-refractivity contribution in [2.45, 2.75) is 18.9 Å². The summed E-state index contributed by atoms with van der Waals surface area (Å²) in [5, 5.41) is 0. The van der Waals surface area contributed by atoms with Gasteiger partial charge in [0.15, 0.2) is 5.96 Å². The molecule has 3 rings (SSSR count). The van der Waals surface area contributed by atoms with Gasteiger partial charge in [0.1, 0.15) is 0 Å². The number of anilines is 1. The van der Waals surface area contributed by atoms with Crippen LogP contribution < -0.4 is 10.6 Å². The second-order valence-electron chi connectivity index (χ2n) is 5.29. The molecule has 0 spiro atoms. The van der Waals surface area contributed by atoms with Crippen LogP contribution in [0.15, 0.2) is 64.1 Å². The Kier molecular flexibility index (Phi) is 3.97. The van der Waals surface area contributed by atoms with Crippen molar-refractivity contribution in [2.24, 2.45) is 10.7 Å². The number of benzene rings is 2. The molecule has 2 unspecified atom stereocenters. The Bertz CT molecular complexity index is 654. The Hall–Kier alpha value is -1.81. The van der Waals surface area contributed by atoms with Gasteiger partial charge in [0.05, 0.1) is 18.3 Å². The van der Waals surface area contributed by atoms with Gasteiger partial charge in [-0.25, -0.2) is 0 Å². The van der Waals surface area contributed by atoms with E-state index in [1.165, 1.54) is 5.56 Å². The first-order valence-electron chi connectivity index (χ1n) is 7.07. The zero-order valence-electron chi connectivity index (χ0n) is 11.9. The SMILES string of the molecule is CC(c1ccccc1)C1CN=C(N)N1c1ccccc1Br. The Morgan fingerprint density at radius 3 is 2.52 bits per heavy atom. The van der Waals surface area contributed by atoms with Gasteiger partial charge in [0.2, 0.25) is 0 Å². The predicted octanol–water partition coefficient (Wildman–Crippen LogP) is 3.76. The summed E-state index contributed by atoms with van der Waals surface area (Å²) in [5.41, 5.74) is 8.52. The number of nitrogens with two attached hydrogens (primary N) is 1. The van der Waals surface area contributed by atoms with Gasteiger partial charge < -0.3 is 10.6 Å². The first kappa shape index (κ1) is 14.1. The number of rotatable bonds is 3. The van der Waals surface area contributed by atoms with Gasteiger partial charge in [0.25, 0.3) is 0 Å². The van der Waals surface area contributed by atoms with Crippen molar-refractivity contribution >= 4 is 27.6 Å². The zero-order valence-corrected chi connectivity index (χ0v) is 13.5. The number of guanidine groups is 1. The standard InChI is InChI=1S/C17H18BrN3/c1-12(13-7-3-2-4-8-13)16-11-20-17(19)21(16)15-10-6-5-9-14(15)18/h2-10,12,16H,11H2,1H3,(H2,19,20). The van der Waals surface area contributed by atoms with E-state index in [-0.39, 0.29) is 6.04 Å². The lowest BCUT2D eigenvalue weighted by molar-refractivity contribution is 0.594. The average Bonchev–Trinajstić information content (AvgIpc) is 2.89. The Balaban J connectivity index is 1.95. The summed E-state index contributed by atoms with van der Waals surface area (Å²) in [7, 11) is 0. The number of hydrogen-bond acceptors (Lipinski definition) is 3. The number of hydrogen-bond donors (Lipinski definition) is 1. The molecule has 0 amide bonds. The quantitative estimate of drug-likeness (QED) is 0.921. The van der Waals surface area contributed by atoms with Gasteiger partial charge in [-0.3, -0.25) is 4.99 Å². The van der Waals surface area contributed by atoms with E-state index in [4.69, 9.17) is 5.73 Å². The maximum atomic E-state index is 6.14. The third kappa shape index (κ3) is 2.68. The fraction of sp³-hybridized carbons (Fsp3) is 0.235. The molecule has 2 atom stereocenters. The molecule has 1 aliphatic rings. The summed E-state index contributed by atoms with van der Waals surface area (Å²) in [5.74, 6) is 0.942. The smallest absolute Gasteiger partial charge is 0.196 e. The number of nitrogens with zero attached hydrogens (tertiary/aromatic N) is 2. The fourth-order valence-electron chi connectivity index (χ4n) is 2.82. The topological polar surface area (TPSA) is 41.6 Å². The molecule has 0 aromatic heterocycles. The molecule has 1 heterocycles. The van der Waals surface area contributed by atoms with Crippen LogP contribution in [0.3, 0.4) is 0 Å². The molecule has 0 aliphatic carbocycles. The van der Waals surface area contributed by atoms with Crippen LogP contribution in [-0.4, -0.2) is 18.5 Å². The highest BCUT2D eigenvalue weighted by molar-refractivity contribution is 9.10. The van der Waals surface area contributed by atoms with E-state index in [1.54, 1.807) is 0 Å². The van der Waals surface area contributed by atoms with Crippen LogP contribution in [-0.2, 0) is 0 Å². The fourth-order valence-corrected chi connectivity index (χ4v) is 3.30. The zero-order chi connectivity index (χ0) is 14.8. The summed E-state index contributed by atoms with van der Waals surface area (Å²) in [6, 6.07) is 18.9.